The summed E-state index contributed by atoms with van der Waals surface area (Å²) in [6, 6.07) is 0.929. The molecule has 0 N–H and O–H groups in total. The summed E-state index contributed by atoms with van der Waals surface area (Å²) in [5.74, 6) is 0.279. The van der Waals surface area contributed by atoms with E-state index in [9.17, 15) is 4.79 Å². The summed E-state index contributed by atoms with van der Waals surface area (Å²) in [7, 11) is -0.325. The second kappa shape index (κ2) is 7.45. The van der Waals surface area contributed by atoms with E-state index in [1.54, 1.807) is 0 Å². The van der Waals surface area contributed by atoms with Gasteiger partial charge in [0.1, 0.15) is 0 Å². The summed E-state index contributed by atoms with van der Waals surface area (Å²) in [6.45, 7) is 19.8. The number of nitrogens with zero attached hydrogens (tertiary/aromatic N) is 2. The normalized spacial score (nSPS) is 34.9. The molecular formula is C27H43BN2O3. The Bertz CT molecular complexity index is 894. The van der Waals surface area contributed by atoms with Crippen molar-refractivity contribution in [2.75, 3.05) is 13.1 Å². The summed E-state index contributed by atoms with van der Waals surface area (Å²) in [4.78, 5) is 18.5. The molecule has 5 nitrogen and oxygen atoms in total. The number of rotatable bonds is 3. The van der Waals surface area contributed by atoms with E-state index >= 15 is 0 Å². The van der Waals surface area contributed by atoms with Crippen LogP contribution in [0, 0.1) is 10.8 Å². The Kier molecular flexibility index (Phi) is 5.33. The average molecular weight is 454 g/mol. The van der Waals surface area contributed by atoms with E-state index in [4.69, 9.17) is 9.31 Å². The fraction of sp³-hybridized carbons (Fsp3) is 0.815. The molecule has 182 valence electrons. The lowest BCUT2D eigenvalue weighted by atomic mass is 9.70. The van der Waals surface area contributed by atoms with Gasteiger partial charge in [0.25, 0.3) is 0 Å². The Hall–Kier alpha value is -1.11. The fourth-order valence-corrected chi connectivity index (χ4v) is 6.51. The van der Waals surface area contributed by atoms with Crippen LogP contribution in [0.4, 0.5) is 0 Å². The highest BCUT2D eigenvalue weighted by molar-refractivity contribution is 6.54. The molecule has 0 unspecified atom stereocenters. The predicted octanol–water partition coefficient (Wildman–Crippen LogP) is 5.11. The molecule has 3 aliphatic heterocycles. The number of likely N-dealkylation sites (tertiary alicyclic amines) is 1. The molecule has 0 aromatic rings. The third kappa shape index (κ3) is 3.75. The van der Waals surface area contributed by atoms with E-state index in [1.165, 1.54) is 37.0 Å². The summed E-state index contributed by atoms with van der Waals surface area (Å²) in [5, 5.41) is 0. The van der Waals surface area contributed by atoms with Crippen LogP contribution in [-0.4, -0.2) is 59.2 Å². The van der Waals surface area contributed by atoms with E-state index in [2.05, 4.69) is 71.3 Å². The zero-order chi connectivity index (χ0) is 24.0. The van der Waals surface area contributed by atoms with Crippen LogP contribution in [0.5, 0.6) is 0 Å². The van der Waals surface area contributed by atoms with Gasteiger partial charge in [-0.15, -0.1) is 0 Å². The van der Waals surface area contributed by atoms with Gasteiger partial charge < -0.3 is 14.2 Å². The maximum atomic E-state index is 13.6. The molecule has 0 atom stereocenters. The van der Waals surface area contributed by atoms with Crippen molar-refractivity contribution in [1.82, 2.24) is 9.80 Å². The number of allylic oxidation sites excluding steroid dienone is 2. The molecule has 2 aliphatic carbocycles. The van der Waals surface area contributed by atoms with Gasteiger partial charge >= 0.3 is 7.12 Å². The van der Waals surface area contributed by atoms with E-state index in [1.807, 2.05) is 0 Å². The van der Waals surface area contributed by atoms with Gasteiger partial charge in [0, 0.05) is 24.3 Å². The van der Waals surface area contributed by atoms with Crippen molar-refractivity contribution in [3.63, 3.8) is 0 Å². The monoisotopic (exact) mass is 454 g/mol. The minimum absolute atomic E-state index is 0.279. The van der Waals surface area contributed by atoms with E-state index < -0.39 is 5.41 Å². The van der Waals surface area contributed by atoms with Crippen LogP contribution < -0.4 is 0 Å². The molecule has 3 fully saturated rings. The molecule has 1 amide bonds. The lowest BCUT2D eigenvalue weighted by Gasteiger charge is -2.51. The standard InChI is InChI=1S/C27H43BN2O3/c1-24(2)12-9-13-29(17-24)19-15-20(16-19)30-22-14-18(10-11-21(22)25(3,4)23(30)31)28-32-26(5,6)27(7,8)33-28/h14,19-20H,9-13,15-17H2,1-8H3. The van der Waals surface area contributed by atoms with Crippen molar-refractivity contribution in [2.24, 2.45) is 10.8 Å². The molecule has 0 aromatic heterocycles. The van der Waals surface area contributed by atoms with Crippen molar-refractivity contribution in [3.05, 3.63) is 22.8 Å². The first-order valence-electron chi connectivity index (χ1n) is 13.1. The molecule has 0 radical (unpaired) electrons. The van der Waals surface area contributed by atoms with Crippen LogP contribution in [-0.2, 0) is 14.1 Å². The summed E-state index contributed by atoms with van der Waals surface area (Å²) >= 11 is 0. The molecule has 5 rings (SSSR count). The van der Waals surface area contributed by atoms with Crippen LogP contribution in [0.2, 0.25) is 0 Å². The van der Waals surface area contributed by atoms with Gasteiger partial charge in [-0.3, -0.25) is 9.69 Å². The van der Waals surface area contributed by atoms with Crippen LogP contribution >= 0.6 is 0 Å². The molecule has 6 heteroatoms. The highest BCUT2D eigenvalue weighted by atomic mass is 16.7. The number of amides is 1. The van der Waals surface area contributed by atoms with Crippen LogP contribution in [0.3, 0.4) is 0 Å². The van der Waals surface area contributed by atoms with Crippen molar-refractivity contribution in [2.45, 2.75) is 117 Å². The van der Waals surface area contributed by atoms with Crippen molar-refractivity contribution < 1.29 is 14.1 Å². The lowest BCUT2D eigenvalue weighted by molar-refractivity contribution is -0.138. The van der Waals surface area contributed by atoms with Crippen LogP contribution in [0.1, 0.15) is 93.9 Å². The second-order valence-electron chi connectivity index (χ2n) is 13.5. The molecular weight excluding hydrogens is 411 g/mol. The second-order valence-corrected chi connectivity index (χ2v) is 13.5. The topological polar surface area (TPSA) is 42.0 Å². The SMILES string of the molecule is CC1(C)CCCN(C2CC(N3C(=O)C(C)(C)C4=C3C=C(B3OC(C)(C)C(C)(C)O3)CC4)C2)C1. The third-order valence-electron chi connectivity index (χ3n) is 9.52. The molecule has 3 heterocycles. The minimum Gasteiger partial charge on any atom is -0.400 e. The number of carbonyl (C=O) groups is 1. The molecule has 5 aliphatic rings. The summed E-state index contributed by atoms with van der Waals surface area (Å²) < 4.78 is 12.7. The van der Waals surface area contributed by atoms with Gasteiger partial charge in [-0.1, -0.05) is 13.8 Å². The lowest BCUT2D eigenvalue weighted by Crippen LogP contribution is -2.57. The van der Waals surface area contributed by atoms with Gasteiger partial charge in [0.2, 0.25) is 5.91 Å². The van der Waals surface area contributed by atoms with Crippen molar-refractivity contribution >= 4 is 13.0 Å². The minimum atomic E-state index is -0.411. The first kappa shape index (κ1) is 23.6. The quantitative estimate of drug-likeness (QED) is 0.556. The molecule has 0 spiro atoms. The largest absolute Gasteiger partial charge is 0.490 e. The summed E-state index contributed by atoms with van der Waals surface area (Å²) in [6.07, 6.45) is 8.85. The summed E-state index contributed by atoms with van der Waals surface area (Å²) in [5.41, 5.74) is 2.93. The fourth-order valence-electron chi connectivity index (χ4n) is 6.51. The number of hydrogen-bond acceptors (Lipinski definition) is 4. The molecule has 33 heavy (non-hydrogen) atoms. The Labute approximate surface area is 201 Å². The molecule has 0 bridgehead atoms. The molecule has 0 aromatic carbocycles. The Balaban J connectivity index is 1.35. The van der Waals surface area contributed by atoms with Gasteiger partial charge in [-0.05, 0) is 109 Å². The number of carbonyl (C=O) groups excluding carboxylic acids is 1. The van der Waals surface area contributed by atoms with Crippen molar-refractivity contribution in [3.8, 4) is 0 Å². The highest BCUT2D eigenvalue weighted by Crippen LogP contribution is 2.51. The maximum absolute atomic E-state index is 13.6. The third-order valence-corrected chi connectivity index (χ3v) is 9.52. The van der Waals surface area contributed by atoms with Gasteiger partial charge in [-0.25, -0.2) is 0 Å². The maximum Gasteiger partial charge on any atom is 0.490 e. The number of hydrogen-bond donors (Lipinski definition) is 0. The molecule has 2 saturated heterocycles. The first-order chi connectivity index (χ1) is 15.2. The Morgan fingerprint density at radius 2 is 1.58 bits per heavy atom. The van der Waals surface area contributed by atoms with E-state index in [0.717, 1.165) is 31.4 Å². The zero-order valence-corrected chi connectivity index (χ0v) is 22.1. The van der Waals surface area contributed by atoms with Crippen molar-refractivity contribution in [1.29, 1.82) is 0 Å². The van der Waals surface area contributed by atoms with Gasteiger partial charge in [-0.2, -0.15) is 0 Å². The van der Waals surface area contributed by atoms with Gasteiger partial charge in [0.15, 0.2) is 0 Å². The first-order valence-corrected chi connectivity index (χ1v) is 13.1. The predicted molar refractivity (Wildman–Crippen MR) is 132 cm³/mol. The molecule has 1 saturated carbocycles. The Morgan fingerprint density at radius 3 is 2.18 bits per heavy atom. The highest BCUT2D eigenvalue weighted by Gasteiger charge is 2.55. The van der Waals surface area contributed by atoms with E-state index in [0.29, 0.717) is 17.5 Å². The van der Waals surface area contributed by atoms with Crippen LogP contribution in [0.25, 0.3) is 0 Å². The van der Waals surface area contributed by atoms with Gasteiger partial charge in [0.05, 0.1) is 16.6 Å². The smallest absolute Gasteiger partial charge is 0.400 e. The van der Waals surface area contributed by atoms with Crippen LogP contribution in [0.15, 0.2) is 22.8 Å². The average Bonchev–Trinajstić information content (AvgIpc) is 3.00. The Morgan fingerprint density at radius 1 is 0.939 bits per heavy atom. The van der Waals surface area contributed by atoms with E-state index in [-0.39, 0.29) is 24.2 Å². The zero-order valence-electron chi connectivity index (χ0n) is 22.1. The number of piperidine rings is 1.